The van der Waals surface area contributed by atoms with Crippen LogP contribution in [0.1, 0.15) is 63.6 Å². The zero-order chi connectivity index (χ0) is 13.1. The minimum absolute atomic E-state index is 0.568. The normalized spacial score (nSPS) is 24.9. The summed E-state index contributed by atoms with van der Waals surface area (Å²) in [5, 5.41) is 3.78. The summed E-state index contributed by atoms with van der Waals surface area (Å²) in [6.45, 7) is 10.4. The maximum Gasteiger partial charge on any atom is 0.0323 e. The van der Waals surface area contributed by atoms with Gasteiger partial charge >= 0.3 is 0 Å². The average Bonchev–Trinajstić information content (AvgIpc) is 2.38. The minimum atomic E-state index is 0.568. The molecule has 1 N–H and O–H groups in total. The molecule has 0 aliphatic heterocycles. The van der Waals surface area contributed by atoms with Crippen LogP contribution in [0.15, 0.2) is 24.3 Å². The summed E-state index contributed by atoms with van der Waals surface area (Å²) in [5.74, 6) is 2.23. The summed E-state index contributed by atoms with van der Waals surface area (Å²) in [6.07, 6.45) is 2.59. The van der Waals surface area contributed by atoms with Crippen LogP contribution in [0, 0.1) is 11.8 Å². The van der Waals surface area contributed by atoms with E-state index in [1.165, 1.54) is 18.4 Å². The fourth-order valence-corrected chi connectivity index (χ4v) is 2.78. The van der Waals surface area contributed by atoms with Crippen molar-refractivity contribution in [2.24, 2.45) is 11.8 Å². The Kier molecular flexibility index (Phi) is 4.45. The summed E-state index contributed by atoms with van der Waals surface area (Å²) < 4.78 is 0. The zero-order valence-electron chi connectivity index (χ0n) is 12.2. The van der Waals surface area contributed by atoms with Gasteiger partial charge < -0.3 is 5.32 Å². The quantitative estimate of drug-likeness (QED) is 0.823. The van der Waals surface area contributed by atoms with Gasteiger partial charge in [-0.25, -0.2) is 0 Å². The molecule has 2 rings (SSSR count). The van der Waals surface area contributed by atoms with Crippen LogP contribution < -0.4 is 5.32 Å². The average molecular weight is 245 g/mol. The lowest BCUT2D eigenvalue weighted by molar-refractivity contribution is 0.347. The Bertz CT molecular complexity index is 383. The van der Waals surface area contributed by atoms with E-state index in [0.717, 1.165) is 24.3 Å². The number of nitrogens with one attached hydrogen (secondary N) is 1. The van der Waals surface area contributed by atoms with Crippen molar-refractivity contribution in [3.63, 3.8) is 0 Å². The molecule has 0 radical (unpaired) electrons. The second kappa shape index (κ2) is 5.88. The van der Waals surface area contributed by atoms with Gasteiger partial charge in [0.05, 0.1) is 0 Å². The summed E-state index contributed by atoms with van der Waals surface area (Å²) in [7, 11) is 0. The van der Waals surface area contributed by atoms with Gasteiger partial charge in [-0.15, -0.1) is 0 Å². The first-order chi connectivity index (χ1) is 8.59. The molecule has 1 nitrogen and oxygen atoms in total. The van der Waals surface area contributed by atoms with Gasteiger partial charge in [0.15, 0.2) is 0 Å². The second-order valence-corrected chi connectivity index (χ2v) is 6.29. The lowest BCUT2D eigenvalue weighted by Crippen LogP contribution is -2.31. The van der Waals surface area contributed by atoms with E-state index in [1.54, 1.807) is 5.56 Å². The van der Waals surface area contributed by atoms with Crippen molar-refractivity contribution in [3.8, 4) is 0 Å². The Morgan fingerprint density at radius 3 is 2.44 bits per heavy atom. The van der Waals surface area contributed by atoms with Crippen LogP contribution in [-0.2, 0) is 0 Å². The predicted octanol–water partition coefficient (Wildman–Crippen LogP) is 4.51. The van der Waals surface area contributed by atoms with Crippen LogP contribution in [0.3, 0.4) is 0 Å². The van der Waals surface area contributed by atoms with Crippen LogP contribution in [0.25, 0.3) is 0 Å². The van der Waals surface area contributed by atoms with E-state index in [1.807, 2.05) is 0 Å². The van der Waals surface area contributed by atoms with Gasteiger partial charge in [-0.2, -0.15) is 0 Å². The van der Waals surface area contributed by atoms with Crippen molar-refractivity contribution >= 4 is 0 Å². The highest BCUT2D eigenvalue weighted by Gasteiger charge is 2.24. The van der Waals surface area contributed by atoms with Crippen molar-refractivity contribution < 1.29 is 0 Å². The monoisotopic (exact) mass is 245 g/mol. The van der Waals surface area contributed by atoms with Gasteiger partial charge in [0.2, 0.25) is 0 Å². The van der Waals surface area contributed by atoms with Crippen molar-refractivity contribution in [2.75, 3.05) is 6.54 Å². The molecule has 0 aromatic heterocycles. The minimum Gasteiger partial charge on any atom is -0.310 e. The number of hydrogen-bond donors (Lipinski definition) is 1. The lowest BCUT2D eigenvalue weighted by atomic mass is 9.81. The summed E-state index contributed by atoms with van der Waals surface area (Å²) in [5.41, 5.74) is 3.09. The van der Waals surface area contributed by atoms with Gasteiger partial charge in [0.1, 0.15) is 0 Å². The first-order valence-electron chi connectivity index (χ1n) is 7.41. The van der Waals surface area contributed by atoms with Crippen molar-refractivity contribution in [3.05, 3.63) is 35.4 Å². The highest BCUT2D eigenvalue weighted by Crippen LogP contribution is 2.37. The van der Waals surface area contributed by atoms with Gasteiger partial charge in [0.25, 0.3) is 0 Å². The lowest BCUT2D eigenvalue weighted by Gasteiger charge is -2.31. The van der Waals surface area contributed by atoms with Crippen LogP contribution in [-0.4, -0.2) is 6.54 Å². The molecule has 0 bridgehead atoms. The number of hydrogen-bond acceptors (Lipinski definition) is 1. The molecule has 1 aromatic rings. The van der Waals surface area contributed by atoms with Gasteiger partial charge in [0, 0.05) is 6.04 Å². The van der Waals surface area contributed by atoms with E-state index < -0.39 is 0 Å². The number of benzene rings is 1. The molecule has 1 heteroatoms. The smallest absolute Gasteiger partial charge is 0.0323 e. The molecule has 100 valence electrons. The molecular weight excluding hydrogens is 218 g/mol. The third kappa shape index (κ3) is 2.95. The molecule has 0 saturated carbocycles. The zero-order valence-corrected chi connectivity index (χ0v) is 12.2. The van der Waals surface area contributed by atoms with E-state index in [-0.39, 0.29) is 0 Å². The Balaban J connectivity index is 2.05. The van der Waals surface area contributed by atoms with Gasteiger partial charge in [-0.05, 0) is 48.3 Å². The van der Waals surface area contributed by atoms with Gasteiger partial charge in [-0.3, -0.25) is 0 Å². The molecule has 1 aliphatic carbocycles. The van der Waals surface area contributed by atoms with Crippen molar-refractivity contribution in [1.82, 2.24) is 5.32 Å². The van der Waals surface area contributed by atoms with Crippen LogP contribution in [0.4, 0.5) is 0 Å². The van der Waals surface area contributed by atoms with Crippen LogP contribution in [0.2, 0.25) is 0 Å². The largest absolute Gasteiger partial charge is 0.310 e. The standard InChI is InChI=1S/C17H27N/c1-12(2)14(4)11-18-17-10-9-13(3)15-7-5-6-8-16(15)17/h5-8,12-14,17-18H,9-11H2,1-4H3. The second-order valence-electron chi connectivity index (χ2n) is 6.29. The highest BCUT2D eigenvalue weighted by atomic mass is 14.9. The van der Waals surface area contributed by atoms with E-state index in [4.69, 9.17) is 0 Å². The molecule has 18 heavy (non-hydrogen) atoms. The van der Waals surface area contributed by atoms with E-state index in [0.29, 0.717) is 6.04 Å². The molecule has 1 aromatic carbocycles. The Morgan fingerprint density at radius 2 is 1.78 bits per heavy atom. The third-order valence-electron chi connectivity index (χ3n) is 4.61. The molecule has 3 unspecified atom stereocenters. The third-order valence-corrected chi connectivity index (χ3v) is 4.61. The molecule has 0 fully saturated rings. The first kappa shape index (κ1) is 13.6. The molecule has 3 atom stereocenters. The fourth-order valence-electron chi connectivity index (χ4n) is 2.78. The molecule has 1 aliphatic rings. The van der Waals surface area contributed by atoms with Crippen LogP contribution in [0.5, 0.6) is 0 Å². The highest BCUT2D eigenvalue weighted by molar-refractivity contribution is 5.34. The van der Waals surface area contributed by atoms with Crippen LogP contribution >= 0.6 is 0 Å². The van der Waals surface area contributed by atoms with E-state index >= 15 is 0 Å². The summed E-state index contributed by atoms with van der Waals surface area (Å²) in [6, 6.07) is 9.53. The first-order valence-corrected chi connectivity index (χ1v) is 7.41. The Labute approximate surface area is 112 Å². The number of fused-ring (bicyclic) bond motifs is 1. The molecule has 0 spiro atoms. The maximum absolute atomic E-state index is 3.78. The topological polar surface area (TPSA) is 12.0 Å². The Morgan fingerprint density at radius 1 is 1.11 bits per heavy atom. The predicted molar refractivity (Wildman–Crippen MR) is 78.8 cm³/mol. The SMILES string of the molecule is CC1CCC(NCC(C)C(C)C)c2ccccc21. The van der Waals surface area contributed by atoms with E-state index in [2.05, 4.69) is 57.3 Å². The Hall–Kier alpha value is -0.820. The van der Waals surface area contributed by atoms with E-state index in [9.17, 15) is 0 Å². The molecular formula is C17H27N. The molecule has 0 heterocycles. The number of rotatable bonds is 4. The van der Waals surface area contributed by atoms with Crippen molar-refractivity contribution in [1.29, 1.82) is 0 Å². The maximum atomic E-state index is 3.78. The van der Waals surface area contributed by atoms with Gasteiger partial charge in [-0.1, -0.05) is 52.0 Å². The molecule has 0 saturated heterocycles. The van der Waals surface area contributed by atoms with Crippen molar-refractivity contribution in [2.45, 2.75) is 52.5 Å². The fraction of sp³-hybridized carbons (Fsp3) is 0.647. The summed E-state index contributed by atoms with van der Waals surface area (Å²) in [4.78, 5) is 0. The summed E-state index contributed by atoms with van der Waals surface area (Å²) >= 11 is 0. The molecule has 0 amide bonds.